The first kappa shape index (κ1) is 13.3. The van der Waals surface area contributed by atoms with Crippen LogP contribution in [0.25, 0.3) is 0 Å². The summed E-state index contributed by atoms with van der Waals surface area (Å²) in [6.07, 6.45) is 0.957. The zero-order valence-corrected chi connectivity index (χ0v) is 11.1. The first-order chi connectivity index (χ1) is 9.15. The van der Waals surface area contributed by atoms with Gasteiger partial charge in [-0.25, -0.2) is 10.3 Å². The van der Waals surface area contributed by atoms with Gasteiger partial charge in [0.05, 0.1) is 5.75 Å². The van der Waals surface area contributed by atoms with Crippen LogP contribution in [0.15, 0.2) is 41.6 Å². The van der Waals surface area contributed by atoms with Crippen molar-refractivity contribution in [1.82, 2.24) is 10.4 Å². The maximum Gasteiger partial charge on any atom is 0.435 e. The summed E-state index contributed by atoms with van der Waals surface area (Å²) in [4.78, 5) is 29.0. The number of rotatable bonds is 3. The van der Waals surface area contributed by atoms with Crippen LogP contribution in [0.5, 0.6) is 0 Å². The molecule has 1 aliphatic rings. The monoisotopic (exact) mass is 279 g/mol. The number of hydrogen-bond acceptors (Lipinski definition) is 5. The molecule has 6 nitrogen and oxygen atoms in total. The van der Waals surface area contributed by atoms with Gasteiger partial charge in [0.15, 0.2) is 0 Å². The van der Waals surface area contributed by atoms with Gasteiger partial charge in [-0.3, -0.25) is 10.1 Å². The van der Waals surface area contributed by atoms with Gasteiger partial charge in [0.25, 0.3) is 0 Å². The summed E-state index contributed by atoms with van der Waals surface area (Å²) in [7, 11) is 1.65. The van der Waals surface area contributed by atoms with Crippen molar-refractivity contribution in [2.75, 3.05) is 18.1 Å². The van der Waals surface area contributed by atoms with Crippen LogP contribution in [0.4, 0.5) is 10.5 Å². The Bertz CT molecular complexity index is 504. The number of amides is 2. The van der Waals surface area contributed by atoms with Crippen molar-refractivity contribution >= 4 is 29.4 Å². The molecule has 0 aliphatic carbocycles. The Morgan fingerprint density at radius 2 is 2.11 bits per heavy atom. The molecule has 1 heterocycles. The first-order valence-corrected chi connectivity index (χ1v) is 6.53. The summed E-state index contributed by atoms with van der Waals surface area (Å²) in [6, 6.07) is 8.97. The lowest BCUT2D eigenvalue weighted by atomic mass is 10.3. The van der Waals surface area contributed by atoms with E-state index in [9.17, 15) is 9.59 Å². The molecule has 1 aliphatic heterocycles. The fourth-order valence-electron chi connectivity index (χ4n) is 1.34. The molecule has 0 saturated carbocycles. The van der Waals surface area contributed by atoms with E-state index < -0.39 is 6.09 Å². The maximum absolute atomic E-state index is 11.5. The van der Waals surface area contributed by atoms with Crippen LogP contribution in [0.2, 0.25) is 0 Å². The molecule has 100 valence electrons. The summed E-state index contributed by atoms with van der Waals surface area (Å²) < 4.78 is 0. The lowest BCUT2D eigenvalue weighted by Gasteiger charge is -2.20. The van der Waals surface area contributed by atoms with Crippen LogP contribution in [0.3, 0.4) is 0 Å². The number of carbonyl (C=O) groups excluding carboxylic acids is 2. The van der Waals surface area contributed by atoms with Crippen LogP contribution < -0.4 is 10.8 Å². The van der Waals surface area contributed by atoms with E-state index in [1.807, 2.05) is 18.2 Å². The summed E-state index contributed by atoms with van der Waals surface area (Å²) >= 11 is 1.28. The van der Waals surface area contributed by atoms with Crippen molar-refractivity contribution < 1.29 is 14.4 Å². The molecule has 2 amide bonds. The molecule has 0 atom stereocenters. The Balaban J connectivity index is 1.81. The van der Waals surface area contributed by atoms with Crippen LogP contribution in [0.1, 0.15) is 0 Å². The summed E-state index contributed by atoms with van der Waals surface area (Å²) in [5, 5.41) is 3.16. The number of benzene rings is 1. The summed E-state index contributed by atoms with van der Waals surface area (Å²) in [5.41, 5.74) is 3.16. The molecule has 2 N–H and O–H groups in total. The highest BCUT2D eigenvalue weighted by atomic mass is 32.2. The molecule has 1 aromatic rings. The third-order valence-corrected chi connectivity index (χ3v) is 3.21. The minimum Gasteiger partial charge on any atom is -0.323 e. The number of thioether (sulfide) groups is 1. The van der Waals surface area contributed by atoms with Gasteiger partial charge in [-0.05, 0) is 12.1 Å². The molecule has 0 saturated heterocycles. The quantitative estimate of drug-likeness (QED) is 0.825. The average Bonchev–Trinajstić information content (AvgIpc) is 2.41. The Morgan fingerprint density at radius 1 is 1.37 bits per heavy atom. The number of anilines is 1. The molecule has 7 heteroatoms. The summed E-state index contributed by atoms with van der Waals surface area (Å²) in [5.74, 6) is 0.322. The fourth-order valence-corrected chi connectivity index (χ4v) is 2.16. The molecular formula is C12H13N3O3S. The van der Waals surface area contributed by atoms with E-state index in [0.717, 1.165) is 0 Å². The Morgan fingerprint density at radius 3 is 2.79 bits per heavy atom. The minimum absolute atomic E-state index is 0.00397. The van der Waals surface area contributed by atoms with E-state index in [1.165, 1.54) is 16.7 Å². The number of nitrogens with zero attached hydrogens (tertiary/aromatic N) is 1. The van der Waals surface area contributed by atoms with Crippen molar-refractivity contribution in [2.24, 2.45) is 0 Å². The van der Waals surface area contributed by atoms with Gasteiger partial charge in [0.2, 0.25) is 5.91 Å². The zero-order valence-electron chi connectivity index (χ0n) is 10.3. The molecule has 0 unspecified atom stereocenters. The second kappa shape index (κ2) is 6.14. The van der Waals surface area contributed by atoms with Gasteiger partial charge >= 0.3 is 6.09 Å². The third-order valence-electron chi connectivity index (χ3n) is 2.32. The lowest BCUT2D eigenvalue weighted by molar-refractivity contribution is -0.124. The smallest absolute Gasteiger partial charge is 0.323 e. The summed E-state index contributed by atoms with van der Waals surface area (Å²) in [6.45, 7) is 0. The molecule has 0 aromatic heterocycles. The molecule has 0 spiro atoms. The topological polar surface area (TPSA) is 70.7 Å². The number of para-hydroxylation sites is 1. The van der Waals surface area contributed by atoms with E-state index >= 15 is 0 Å². The van der Waals surface area contributed by atoms with Crippen LogP contribution >= 0.6 is 11.8 Å². The molecule has 1 aromatic carbocycles. The number of carbonyl (C=O) groups is 2. The lowest BCUT2D eigenvalue weighted by Crippen LogP contribution is -2.31. The highest BCUT2D eigenvalue weighted by Gasteiger charge is 2.16. The van der Waals surface area contributed by atoms with Gasteiger partial charge in [-0.15, -0.1) is 0 Å². The molecule has 0 fully saturated rings. The number of nitrogens with one attached hydrogen (secondary N) is 2. The van der Waals surface area contributed by atoms with Crippen molar-refractivity contribution in [3.63, 3.8) is 0 Å². The Hall–Kier alpha value is -2.15. The van der Waals surface area contributed by atoms with Gasteiger partial charge in [0, 0.05) is 18.9 Å². The molecule has 2 rings (SSSR count). The van der Waals surface area contributed by atoms with E-state index in [1.54, 1.807) is 25.4 Å². The van der Waals surface area contributed by atoms with Gasteiger partial charge in [-0.2, -0.15) is 0 Å². The van der Waals surface area contributed by atoms with Crippen LogP contribution in [0, 0.1) is 0 Å². The molecule has 0 bridgehead atoms. The number of hydrogen-bond donors (Lipinski definition) is 2. The Kier molecular flexibility index (Phi) is 4.30. The van der Waals surface area contributed by atoms with E-state index in [2.05, 4.69) is 10.8 Å². The van der Waals surface area contributed by atoms with Crippen molar-refractivity contribution in [2.45, 2.75) is 0 Å². The van der Waals surface area contributed by atoms with Gasteiger partial charge < -0.3 is 9.74 Å². The first-order valence-electron chi connectivity index (χ1n) is 5.54. The van der Waals surface area contributed by atoms with Crippen molar-refractivity contribution in [3.8, 4) is 0 Å². The van der Waals surface area contributed by atoms with E-state index in [0.29, 0.717) is 16.5 Å². The predicted octanol–water partition coefficient (Wildman–Crippen LogP) is 1.74. The normalized spacial score (nSPS) is 14.7. The second-order valence-corrected chi connectivity index (χ2v) is 4.79. The van der Waals surface area contributed by atoms with Gasteiger partial charge in [0.1, 0.15) is 5.03 Å². The fraction of sp³-hybridized carbons (Fsp3) is 0.167. The third kappa shape index (κ3) is 3.92. The largest absolute Gasteiger partial charge is 0.435 e. The maximum atomic E-state index is 11.5. The highest BCUT2D eigenvalue weighted by molar-refractivity contribution is 8.03. The SMILES string of the molecule is CN1C=C(NOC(=O)Nc2ccccc2)SCC1=O. The standard InChI is InChI=1S/C12H13N3O3S/c1-15-7-10(19-8-11(15)16)14-18-12(17)13-9-5-3-2-4-6-9/h2-7,14H,8H2,1H3,(H,13,17). The predicted molar refractivity (Wildman–Crippen MR) is 73.0 cm³/mol. The van der Waals surface area contributed by atoms with Crippen LogP contribution in [-0.4, -0.2) is 29.7 Å². The molecule has 19 heavy (non-hydrogen) atoms. The minimum atomic E-state index is -0.618. The van der Waals surface area contributed by atoms with Gasteiger partial charge in [-0.1, -0.05) is 30.0 Å². The van der Waals surface area contributed by atoms with Crippen LogP contribution in [-0.2, 0) is 9.63 Å². The zero-order chi connectivity index (χ0) is 13.7. The second-order valence-electron chi connectivity index (χ2n) is 3.77. The molecule has 0 radical (unpaired) electrons. The van der Waals surface area contributed by atoms with Crippen molar-refractivity contribution in [1.29, 1.82) is 0 Å². The number of hydroxylamine groups is 1. The van der Waals surface area contributed by atoms with E-state index in [4.69, 9.17) is 4.84 Å². The van der Waals surface area contributed by atoms with Crippen molar-refractivity contribution in [3.05, 3.63) is 41.6 Å². The molecular weight excluding hydrogens is 266 g/mol. The Labute approximate surface area is 114 Å². The highest BCUT2D eigenvalue weighted by Crippen LogP contribution is 2.18. The average molecular weight is 279 g/mol. The van der Waals surface area contributed by atoms with E-state index in [-0.39, 0.29) is 5.91 Å².